The fraction of sp³-hybridized carbons (Fsp3) is 0.483. The van der Waals surface area contributed by atoms with Crippen LogP contribution in [-0.2, 0) is 6.54 Å². The Bertz CT molecular complexity index is 1250. The molecule has 6 heteroatoms. The maximum absolute atomic E-state index is 15.5. The Kier molecular flexibility index (Phi) is 6.47. The Balaban J connectivity index is 1.81. The van der Waals surface area contributed by atoms with Crippen LogP contribution in [0, 0.1) is 5.92 Å². The van der Waals surface area contributed by atoms with Crippen LogP contribution in [0.15, 0.2) is 36.4 Å². The van der Waals surface area contributed by atoms with E-state index in [2.05, 4.69) is 35.9 Å². The molecule has 2 aromatic carbocycles. The van der Waals surface area contributed by atoms with Gasteiger partial charge in [0.25, 0.3) is 0 Å². The standard InChI is InChI=1S/C29H35FN2O3/c1-4-35-19-10-12-21-25(16-19)31-24(17(2)3)13-14-32-26-15-18(29(33)34)9-11-22(26)27(28(21)32)20-7-5-6-8-23(20)30/h9-12,15-17,20,23-24,31H,4-8,13-14H2,1-3H3,(H,33,34)/t20?,23-,24?/m0/s1. The minimum absolute atomic E-state index is 0.196. The molecule has 5 nitrogen and oxygen atoms in total. The molecule has 2 unspecified atom stereocenters. The molecule has 2 heterocycles. The number of aromatic nitrogens is 1. The molecule has 2 N–H and O–H groups in total. The molecule has 3 aromatic rings. The Morgan fingerprint density at radius 3 is 2.69 bits per heavy atom. The van der Waals surface area contributed by atoms with Crippen LogP contribution in [0.5, 0.6) is 5.75 Å². The van der Waals surface area contributed by atoms with Gasteiger partial charge in [0, 0.05) is 46.7 Å². The minimum Gasteiger partial charge on any atom is -0.494 e. The number of ether oxygens (including phenoxy) is 1. The molecule has 0 bridgehead atoms. The van der Waals surface area contributed by atoms with E-state index in [-0.39, 0.29) is 17.5 Å². The number of anilines is 1. The lowest BCUT2D eigenvalue weighted by Gasteiger charge is -2.31. The van der Waals surface area contributed by atoms with Crippen molar-refractivity contribution in [3.63, 3.8) is 0 Å². The first-order chi connectivity index (χ1) is 16.9. The maximum Gasteiger partial charge on any atom is 0.335 e. The van der Waals surface area contributed by atoms with Crippen LogP contribution in [0.25, 0.3) is 22.2 Å². The van der Waals surface area contributed by atoms with Gasteiger partial charge < -0.3 is 19.7 Å². The molecule has 1 aromatic heterocycles. The zero-order valence-electron chi connectivity index (χ0n) is 20.8. The van der Waals surface area contributed by atoms with Gasteiger partial charge in [0.15, 0.2) is 0 Å². The lowest BCUT2D eigenvalue weighted by molar-refractivity contribution is 0.0697. The van der Waals surface area contributed by atoms with Gasteiger partial charge in [-0.15, -0.1) is 0 Å². The second kappa shape index (κ2) is 9.56. The number of fused-ring (bicyclic) bond motifs is 5. The smallest absolute Gasteiger partial charge is 0.335 e. The molecule has 0 saturated heterocycles. The molecule has 1 fully saturated rings. The first kappa shape index (κ1) is 23.7. The molecule has 1 aliphatic heterocycles. The SMILES string of the molecule is CCOc1ccc2c(c1)NC(C(C)C)CCn1c-2c(C2CCCC[C@@H]2F)c2ccc(C(=O)O)cc21. The highest BCUT2D eigenvalue weighted by molar-refractivity contribution is 5.99. The van der Waals surface area contributed by atoms with Crippen molar-refractivity contribution < 1.29 is 19.0 Å². The van der Waals surface area contributed by atoms with Gasteiger partial charge in [-0.1, -0.05) is 32.8 Å². The van der Waals surface area contributed by atoms with Crippen molar-refractivity contribution in [2.75, 3.05) is 11.9 Å². The highest BCUT2D eigenvalue weighted by Gasteiger charge is 2.34. The number of carbonyl (C=O) groups is 1. The number of benzene rings is 2. The summed E-state index contributed by atoms with van der Waals surface area (Å²) in [5.74, 6) is 0.0714. The third-order valence-electron chi connectivity index (χ3n) is 7.77. The van der Waals surface area contributed by atoms with Crippen LogP contribution < -0.4 is 10.1 Å². The second-order valence-electron chi connectivity index (χ2n) is 10.3. The third kappa shape index (κ3) is 4.28. The van der Waals surface area contributed by atoms with Crippen molar-refractivity contribution in [2.24, 2.45) is 5.92 Å². The molecule has 5 rings (SSSR count). The van der Waals surface area contributed by atoms with E-state index < -0.39 is 12.1 Å². The van der Waals surface area contributed by atoms with E-state index in [0.29, 0.717) is 18.9 Å². The highest BCUT2D eigenvalue weighted by atomic mass is 19.1. The third-order valence-corrected chi connectivity index (χ3v) is 7.77. The summed E-state index contributed by atoms with van der Waals surface area (Å²) >= 11 is 0. The molecule has 186 valence electrons. The number of nitrogens with one attached hydrogen (secondary N) is 1. The first-order valence-corrected chi connectivity index (χ1v) is 13.0. The summed E-state index contributed by atoms with van der Waals surface area (Å²) in [6.45, 7) is 7.72. The van der Waals surface area contributed by atoms with Crippen LogP contribution in [0.4, 0.5) is 10.1 Å². The Hall–Kier alpha value is -3.02. The topological polar surface area (TPSA) is 63.5 Å². The van der Waals surface area contributed by atoms with Crippen molar-refractivity contribution in [3.8, 4) is 17.0 Å². The number of aryl methyl sites for hydroxylation is 1. The molecule has 3 atom stereocenters. The van der Waals surface area contributed by atoms with Gasteiger partial charge in [0.1, 0.15) is 11.9 Å². The van der Waals surface area contributed by atoms with Crippen LogP contribution >= 0.6 is 0 Å². The lowest BCUT2D eigenvalue weighted by Crippen LogP contribution is -2.29. The minimum atomic E-state index is -0.945. The molecular formula is C29H35FN2O3. The average molecular weight is 479 g/mol. The molecule has 0 amide bonds. The fourth-order valence-corrected chi connectivity index (χ4v) is 5.96. The average Bonchev–Trinajstić information content (AvgIpc) is 3.13. The van der Waals surface area contributed by atoms with E-state index in [9.17, 15) is 9.90 Å². The van der Waals surface area contributed by atoms with Crippen LogP contribution in [-0.4, -0.2) is 34.5 Å². The van der Waals surface area contributed by atoms with E-state index in [1.165, 1.54) is 0 Å². The summed E-state index contributed by atoms with van der Waals surface area (Å²) in [6, 6.07) is 11.7. The fourth-order valence-electron chi connectivity index (χ4n) is 5.96. The predicted octanol–water partition coefficient (Wildman–Crippen LogP) is 7.24. The molecule has 1 saturated carbocycles. The molecule has 1 aliphatic carbocycles. The number of rotatable bonds is 5. The van der Waals surface area contributed by atoms with Crippen LogP contribution in [0.1, 0.15) is 74.7 Å². The number of halogens is 1. The largest absolute Gasteiger partial charge is 0.494 e. The molecular weight excluding hydrogens is 443 g/mol. The molecule has 2 aliphatic rings. The van der Waals surface area contributed by atoms with Crippen LogP contribution in [0.3, 0.4) is 0 Å². The zero-order valence-corrected chi connectivity index (χ0v) is 20.8. The Morgan fingerprint density at radius 2 is 1.97 bits per heavy atom. The monoisotopic (exact) mass is 478 g/mol. The normalized spacial score (nSPS) is 22.1. The Morgan fingerprint density at radius 1 is 1.17 bits per heavy atom. The van der Waals surface area contributed by atoms with Gasteiger partial charge in [-0.05, 0) is 61.9 Å². The second-order valence-corrected chi connectivity index (χ2v) is 10.3. The first-order valence-electron chi connectivity index (χ1n) is 13.0. The predicted molar refractivity (Wildman–Crippen MR) is 138 cm³/mol. The summed E-state index contributed by atoms with van der Waals surface area (Å²) in [6.07, 6.45) is 3.30. The van der Waals surface area contributed by atoms with Crippen molar-refractivity contribution in [1.82, 2.24) is 4.57 Å². The number of carboxylic acid groups (broad SMARTS) is 1. The van der Waals surface area contributed by atoms with Crippen LogP contribution in [0.2, 0.25) is 0 Å². The van der Waals surface area contributed by atoms with E-state index in [1.54, 1.807) is 12.1 Å². The number of nitrogens with zero attached hydrogens (tertiary/aromatic N) is 1. The van der Waals surface area contributed by atoms with Gasteiger partial charge >= 0.3 is 5.97 Å². The number of hydrogen-bond acceptors (Lipinski definition) is 3. The van der Waals surface area contributed by atoms with E-state index in [1.807, 2.05) is 19.1 Å². The van der Waals surface area contributed by atoms with Crippen molar-refractivity contribution in [2.45, 2.75) is 77.6 Å². The highest BCUT2D eigenvalue weighted by Crippen LogP contribution is 2.48. The van der Waals surface area contributed by atoms with Crippen molar-refractivity contribution in [3.05, 3.63) is 47.5 Å². The Labute approximate surface area is 206 Å². The van der Waals surface area contributed by atoms with Crippen molar-refractivity contribution >= 4 is 22.6 Å². The number of hydrogen-bond donors (Lipinski definition) is 2. The zero-order chi connectivity index (χ0) is 24.7. The number of carboxylic acids is 1. The van der Waals surface area contributed by atoms with E-state index in [0.717, 1.165) is 71.4 Å². The van der Waals surface area contributed by atoms with Gasteiger partial charge in [0.2, 0.25) is 0 Å². The quantitative estimate of drug-likeness (QED) is 0.406. The summed E-state index contributed by atoms with van der Waals surface area (Å²) in [5.41, 5.74) is 5.21. The lowest BCUT2D eigenvalue weighted by atomic mass is 9.80. The molecule has 35 heavy (non-hydrogen) atoms. The van der Waals surface area contributed by atoms with E-state index in [4.69, 9.17) is 4.74 Å². The van der Waals surface area contributed by atoms with Gasteiger partial charge in [-0.2, -0.15) is 0 Å². The summed E-state index contributed by atoms with van der Waals surface area (Å²) in [4.78, 5) is 11.8. The number of aromatic carboxylic acids is 1. The summed E-state index contributed by atoms with van der Waals surface area (Å²) < 4.78 is 23.5. The van der Waals surface area contributed by atoms with Gasteiger partial charge in [0.05, 0.1) is 17.9 Å². The maximum atomic E-state index is 15.5. The van der Waals surface area contributed by atoms with Crippen molar-refractivity contribution in [1.29, 1.82) is 0 Å². The molecule has 0 radical (unpaired) electrons. The van der Waals surface area contributed by atoms with Gasteiger partial charge in [-0.25, -0.2) is 9.18 Å². The summed E-state index contributed by atoms with van der Waals surface area (Å²) in [5, 5.41) is 14.5. The summed E-state index contributed by atoms with van der Waals surface area (Å²) in [7, 11) is 0. The van der Waals surface area contributed by atoms with Gasteiger partial charge in [-0.3, -0.25) is 0 Å². The number of alkyl halides is 1. The van der Waals surface area contributed by atoms with E-state index >= 15 is 4.39 Å². The molecule has 0 spiro atoms.